The third kappa shape index (κ3) is 3.05. The van der Waals surface area contributed by atoms with E-state index in [2.05, 4.69) is 0 Å². The van der Waals surface area contributed by atoms with Crippen LogP contribution in [0.25, 0.3) is 0 Å². The van der Waals surface area contributed by atoms with E-state index in [-0.39, 0.29) is 0 Å². The fraction of sp³-hybridized carbons (Fsp3) is 0.533. The van der Waals surface area contributed by atoms with Gasteiger partial charge >= 0.3 is 0 Å². The van der Waals surface area contributed by atoms with Crippen molar-refractivity contribution in [3.63, 3.8) is 0 Å². The standard InChI is InChI=1S/C15H21NO2S/c1-11-6-8-13(9-7-11)19(18)12(2)15(17,10-16)14(3,4)5/h6-9,12,17H,1-5H3. The van der Waals surface area contributed by atoms with Gasteiger partial charge in [-0.25, -0.2) is 0 Å². The zero-order valence-corrected chi connectivity index (χ0v) is 12.9. The fourth-order valence-corrected chi connectivity index (χ4v) is 3.43. The summed E-state index contributed by atoms with van der Waals surface area (Å²) in [5.41, 5.74) is -1.22. The molecular formula is C15H21NO2S. The van der Waals surface area contributed by atoms with Crippen LogP contribution in [-0.2, 0) is 10.8 Å². The van der Waals surface area contributed by atoms with Crippen molar-refractivity contribution >= 4 is 10.8 Å². The van der Waals surface area contributed by atoms with Crippen LogP contribution < -0.4 is 0 Å². The van der Waals surface area contributed by atoms with Gasteiger partial charge in [0, 0.05) is 10.3 Å². The normalized spacial score (nSPS) is 18.2. The molecule has 0 amide bonds. The van der Waals surface area contributed by atoms with Crippen molar-refractivity contribution in [3.05, 3.63) is 29.8 Å². The molecule has 104 valence electrons. The largest absolute Gasteiger partial charge is 0.374 e. The van der Waals surface area contributed by atoms with Gasteiger partial charge in [0.2, 0.25) is 0 Å². The average Bonchev–Trinajstić information content (AvgIpc) is 2.35. The van der Waals surface area contributed by atoms with E-state index in [1.807, 2.05) is 25.1 Å². The maximum Gasteiger partial charge on any atom is 0.170 e. The zero-order chi connectivity index (χ0) is 14.8. The highest BCUT2D eigenvalue weighted by Gasteiger charge is 2.48. The minimum absolute atomic E-state index is 0.635. The van der Waals surface area contributed by atoms with Crippen LogP contribution in [-0.4, -0.2) is 20.2 Å². The van der Waals surface area contributed by atoms with Gasteiger partial charge in [-0.1, -0.05) is 38.5 Å². The molecule has 0 heterocycles. The predicted molar refractivity (Wildman–Crippen MR) is 77.1 cm³/mol. The summed E-state index contributed by atoms with van der Waals surface area (Å²) < 4.78 is 12.5. The molecule has 0 radical (unpaired) electrons. The van der Waals surface area contributed by atoms with Crippen molar-refractivity contribution in [1.29, 1.82) is 5.26 Å². The second-order valence-electron chi connectivity index (χ2n) is 5.88. The average molecular weight is 279 g/mol. The number of aryl methyl sites for hydroxylation is 1. The van der Waals surface area contributed by atoms with E-state index in [0.29, 0.717) is 4.90 Å². The van der Waals surface area contributed by atoms with Gasteiger partial charge in [0.1, 0.15) is 0 Å². The van der Waals surface area contributed by atoms with Crippen LogP contribution in [0.15, 0.2) is 29.2 Å². The first-order valence-electron chi connectivity index (χ1n) is 6.24. The Kier molecular flexibility index (Phi) is 4.54. The summed E-state index contributed by atoms with van der Waals surface area (Å²) in [5.74, 6) is 0. The molecule has 0 spiro atoms. The van der Waals surface area contributed by atoms with Gasteiger partial charge in [-0.2, -0.15) is 5.26 Å². The third-order valence-corrected chi connectivity index (χ3v) is 5.20. The van der Waals surface area contributed by atoms with Crippen LogP contribution in [0.1, 0.15) is 33.3 Å². The van der Waals surface area contributed by atoms with Crippen molar-refractivity contribution in [1.82, 2.24) is 0 Å². The fourth-order valence-electron chi connectivity index (χ4n) is 1.90. The lowest BCUT2D eigenvalue weighted by atomic mass is 9.75. The maximum atomic E-state index is 12.5. The van der Waals surface area contributed by atoms with E-state index in [1.54, 1.807) is 39.8 Å². The second kappa shape index (κ2) is 5.44. The number of aliphatic hydroxyl groups is 1. The molecular weight excluding hydrogens is 258 g/mol. The highest BCUT2D eigenvalue weighted by molar-refractivity contribution is 7.85. The highest BCUT2D eigenvalue weighted by atomic mass is 32.2. The molecule has 0 aliphatic carbocycles. The summed E-state index contributed by atoms with van der Waals surface area (Å²) >= 11 is 0. The molecule has 0 aliphatic heterocycles. The molecule has 4 heteroatoms. The van der Waals surface area contributed by atoms with Gasteiger partial charge in [-0.3, -0.25) is 4.21 Å². The summed E-state index contributed by atoms with van der Waals surface area (Å²) in [5, 5.41) is 19.2. The van der Waals surface area contributed by atoms with Gasteiger partial charge in [0.05, 0.1) is 22.1 Å². The van der Waals surface area contributed by atoms with Crippen molar-refractivity contribution in [3.8, 4) is 6.07 Å². The Morgan fingerprint density at radius 3 is 2.11 bits per heavy atom. The van der Waals surface area contributed by atoms with Crippen LogP contribution in [0.2, 0.25) is 0 Å². The Bertz CT molecular complexity index is 510. The van der Waals surface area contributed by atoms with E-state index in [0.717, 1.165) is 5.56 Å². The minimum Gasteiger partial charge on any atom is -0.374 e. The number of benzene rings is 1. The van der Waals surface area contributed by atoms with Crippen LogP contribution in [0, 0.1) is 23.7 Å². The molecule has 0 bridgehead atoms. The van der Waals surface area contributed by atoms with Crippen LogP contribution in [0.3, 0.4) is 0 Å². The first-order chi connectivity index (χ1) is 8.63. The lowest BCUT2D eigenvalue weighted by Gasteiger charge is -2.38. The number of hydrogen-bond acceptors (Lipinski definition) is 3. The summed E-state index contributed by atoms with van der Waals surface area (Å²) in [6, 6.07) is 9.26. The quantitative estimate of drug-likeness (QED) is 0.865. The van der Waals surface area contributed by atoms with E-state index in [9.17, 15) is 14.6 Å². The summed E-state index contributed by atoms with van der Waals surface area (Å²) in [7, 11) is -1.42. The number of nitrogens with zero attached hydrogens (tertiary/aromatic N) is 1. The van der Waals surface area contributed by atoms with Crippen molar-refractivity contribution < 1.29 is 9.32 Å². The zero-order valence-electron chi connectivity index (χ0n) is 12.1. The Morgan fingerprint density at radius 1 is 1.26 bits per heavy atom. The summed E-state index contributed by atoms with van der Waals surface area (Å²) in [6.45, 7) is 8.94. The first-order valence-corrected chi connectivity index (χ1v) is 7.45. The Hall–Kier alpha value is -1.18. The molecule has 1 aromatic rings. The van der Waals surface area contributed by atoms with E-state index in [1.165, 1.54) is 0 Å². The molecule has 0 saturated carbocycles. The van der Waals surface area contributed by atoms with Crippen molar-refractivity contribution in [2.75, 3.05) is 0 Å². The Balaban J connectivity index is 3.13. The van der Waals surface area contributed by atoms with Gasteiger partial charge in [-0.15, -0.1) is 0 Å². The van der Waals surface area contributed by atoms with Crippen LogP contribution >= 0.6 is 0 Å². The van der Waals surface area contributed by atoms with Crippen LogP contribution in [0.5, 0.6) is 0 Å². The monoisotopic (exact) mass is 279 g/mol. The molecule has 0 aliphatic rings. The summed E-state index contributed by atoms with van der Waals surface area (Å²) in [4.78, 5) is 0.635. The van der Waals surface area contributed by atoms with Crippen LogP contribution in [0.4, 0.5) is 0 Å². The highest BCUT2D eigenvalue weighted by Crippen LogP contribution is 2.36. The van der Waals surface area contributed by atoms with E-state index < -0.39 is 27.1 Å². The predicted octanol–water partition coefficient (Wildman–Crippen LogP) is 2.79. The Morgan fingerprint density at radius 2 is 1.74 bits per heavy atom. The maximum absolute atomic E-state index is 12.5. The molecule has 0 fully saturated rings. The Labute approximate surface area is 117 Å². The van der Waals surface area contributed by atoms with Crippen molar-refractivity contribution in [2.24, 2.45) is 5.41 Å². The topological polar surface area (TPSA) is 61.1 Å². The molecule has 3 unspecified atom stereocenters. The molecule has 3 nitrogen and oxygen atoms in total. The van der Waals surface area contributed by atoms with E-state index in [4.69, 9.17) is 0 Å². The summed E-state index contributed by atoms with van der Waals surface area (Å²) in [6.07, 6.45) is 0. The minimum atomic E-state index is -1.64. The smallest absolute Gasteiger partial charge is 0.170 e. The first kappa shape index (κ1) is 15.9. The number of hydrogen-bond donors (Lipinski definition) is 1. The lowest BCUT2D eigenvalue weighted by molar-refractivity contribution is -0.00535. The lowest BCUT2D eigenvalue weighted by Crippen LogP contribution is -2.51. The molecule has 3 atom stereocenters. The van der Waals surface area contributed by atoms with Gasteiger partial charge in [-0.05, 0) is 26.0 Å². The molecule has 1 aromatic carbocycles. The SMILES string of the molecule is Cc1ccc(S(=O)C(C)C(O)(C#N)C(C)(C)C)cc1. The molecule has 0 saturated heterocycles. The van der Waals surface area contributed by atoms with Gasteiger partial charge in [0.25, 0.3) is 0 Å². The number of nitriles is 1. The second-order valence-corrected chi connectivity index (χ2v) is 7.65. The molecule has 1 rings (SSSR count). The molecule has 0 aromatic heterocycles. The molecule has 1 N–H and O–H groups in total. The van der Waals surface area contributed by atoms with E-state index >= 15 is 0 Å². The van der Waals surface area contributed by atoms with Gasteiger partial charge in [0.15, 0.2) is 5.60 Å². The third-order valence-electron chi connectivity index (χ3n) is 3.48. The van der Waals surface area contributed by atoms with Crippen molar-refractivity contribution in [2.45, 2.75) is 50.4 Å². The van der Waals surface area contributed by atoms with Gasteiger partial charge < -0.3 is 5.11 Å². The molecule has 19 heavy (non-hydrogen) atoms. The number of rotatable bonds is 3.